The van der Waals surface area contributed by atoms with Gasteiger partial charge in [0.2, 0.25) is 47.3 Å². The van der Waals surface area contributed by atoms with Gasteiger partial charge in [0, 0.05) is 55.5 Å². The van der Waals surface area contributed by atoms with Gasteiger partial charge in [-0.25, -0.2) is 0 Å². The number of nitrogens with zero attached hydrogens (tertiary/aromatic N) is 2. The van der Waals surface area contributed by atoms with Gasteiger partial charge in [-0.05, 0) is 36.5 Å². The monoisotopic (exact) mass is 1100 g/mol. The summed E-state index contributed by atoms with van der Waals surface area (Å²) in [6.45, 7) is 2.09. The first-order valence-corrected chi connectivity index (χ1v) is 26.7. The molecule has 1 aromatic carbocycles. The van der Waals surface area contributed by atoms with Gasteiger partial charge in [0.1, 0.15) is 34.9 Å². The van der Waals surface area contributed by atoms with Crippen molar-refractivity contribution in [2.24, 2.45) is 17.6 Å². The number of amides is 10. The molecule has 13 N–H and O–H groups in total. The summed E-state index contributed by atoms with van der Waals surface area (Å²) in [5.74, 6) is -11.4. The third kappa shape index (κ3) is 14.5. The quantitative estimate of drug-likeness (QED) is 0.0427. The fourth-order valence-corrected chi connectivity index (χ4v) is 10.9. The van der Waals surface area contributed by atoms with Crippen molar-refractivity contribution in [1.29, 1.82) is 0 Å². The van der Waals surface area contributed by atoms with Crippen LogP contribution in [0.5, 0.6) is 5.75 Å². The molecule has 0 spiro atoms. The molecular formula is C49H67N11O16S. The minimum Gasteiger partial charge on any atom is -0.494 e. The minimum absolute atomic E-state index is 0.115. The van der Waals surface area contributed by atoms with Crippen molar-refractivity contribution in [3.05, 3.63) is 35.9 Å². The Morgan fingerprint density at radius 1 is 0.883 bits per heavy atom. The average molecular weight is 1100 g/mol. The van der Waals surface area contributed by atoms with Crippen LogP contribution in [0, 0.1) is 11.8 Å². The number of carbonyl (C=O) groups is 11. The predicted octanol–water partition coefficient (Wildman–Crippen LogP) is -4.76. The first-order chi connectivity index (χ1) is 36.6. The van der Waals surface area contributed by atoms with E-state index in [1.807, 2.05) is 0 Å². The summed E-state index contributed by atoms with van der Waals surface area (Å²) in [6, 6.07) is -3.86. The number of nitrogens with one attached hydrogen (secondary N) is 8. The SMILES string of the molecule is CC[C@H](C)[C@@H]1NC(=O)CNC(=O)[C@@H]2Cc3c([nH]c4cc(OCCCCCCN5C(=O)C=CC5=O)ccc34)S(=O)CC(NC(=O)CNC1=O)C(=O)N[C@@H](CC(N)=O)C(=O)N1C[C@H](O)C[C@]1(C=O)N[C@@H]([C@@H](C)[C@@H](O)CO)C(=O)N2. The number of nitrogens with two attached hydrogens (primary N) is 1. The van der Waals surface area contributed by atoms with Gasteiger partial charge in [-0.2, -0.15) is 0 Å². The first-order valence-electron chi connectivity index (χ1n) is 25.3. The van der Waals surface area contributed by atoms with E-state index in [4.69, 9.17) is 10.5 Å². The van der Waals surface area contributed by atoms with Crippen molar-refractivity contribution in [2.45, 2.75) is 125 Å². The van der Waals surface area contributed by atoms with Crippen molar-refractivity contribution >= 4 is 87.1 Å². The Bertz CT molecular complexity index is 2660. The van der Waals surface area contributed by atoms with Crippen LogP contribution in [0.3, 0.4) is 0 Å². The highest BCUT2D eigenvalue weighted by Gasteiger charge is 2.53. The normalized spacial score (nSPS) is 27.4. The number of aldehydes is 1. The van der Waals surface area contributed by atoms with Crippen LogP contribution in [0.2, 0.25) is 0 Å². The Labute approximate surface area is 444 Å². The van der Waals surface area contributed by atoms with Crippen LogP contribution in [0.1, 0.15) is 71.3 Å². The molecule has 4 aliphatic heterocycles. The van der Waals surface area contributed by atoms with Crippen molar-refractivity contribution in [3.63, 3.8) is 0 Å². The molecule has 0 aliphatic carbocycles. The van der Waals surface area contributed by atoms with E-state index in [2.05, 4.69) is 42.2 Å². The Morgan fingerprint density at radius 3 is 2.22 bits per heavy atom. The molecule has 2 bridgehead atoms. The lowest BCUT2D eigenvalue weighted by atomic mass is 9.92. The van der Waals surface area contributed by atoms with Gasteiger partial charge >= 0.3 is 0 Å². The molecule has 1 saturated heterocycles. The molecule has 10 amide bonds. The van der Waals surface area contributed by atoms with Crippen LogP contribution < -0.4 is 47.7 Å². The fraction of sp³-hybridized carbons (Fsp3) is 0.571. The number of rotatable bonds is 16. The van der Waals surface area contributed by atoms with Crippen LogP contribution in [-0.4, -0.2) is 193 Å². The van der Waals surface area contributed by atoms with Crippen molar-refractivity contribution in [2.75, 3.05) is 45.1 Å². The van der Waals surface area contributed by atoms with Crippen LogP contribution in [0.4, 0.5) is 0 Å². The number of aliphatic hydroxyl groups is 3. The second kappa shape index (κ2) is 26.3. The van der Waals surface area contributed by atoms with E-state index in [1.54, 1.807) is 32.0 Å². The highest BCUT2D eigenvalue weighted by molar-refractivity contribution is 7.85. The summed E-state index contributed by atoms with van der Waals surface area (Å²) >= 11 is 0. The third-order valence-electron chi connectivity index (χ3n) is 14.1. The molecule has 11 atom stereocenters. The number of aromatic amines is 1. The number of imide groups is 1. The standard InChI is InChI=1S/C49H67N11O16S/c1-4-25(2)41-45(72)52-19-37(66)53-34-23-77(75)47-30(29-10-9-28(15-31(29)56-47)76-14-8-6-5-7-13-59-39(68)11-12-40(59)69)16-32(43(70)51-20-38(67)57-41)54-46(73)42(26(3)35(64)22-61)58-49(24-62)18-27(63)21-60(49)48(74)33(17-36(50)65)55-44(34)71/h9-12,15,24-27,32-35,41-42,56,58,61,63-64H,4-8,13-14,16-23H2,1-3H3,(H2,50,65)(H,51,70)(H,52,72)(H,53,66)(H,54,73)(H,55,71)(H,57,67)/t25-,26-,27+,32-,33-,34?,35-,41-,42-,49-,77?/m0/s1. The van der Waals surface area contributed by atoms with Gasteiger partial charge in [-0.1, -0.05) is 40.0 Å². The van der Waals surface area contributed by atoms with E-state index >= 15 is 0 Å². The molecule has 1 fully saturated rings. The number of H-pyrrole nitrogens is 1. The molecule has 4 aliphatic rings. The zero-order chi connectivity index (χ0) is 56.3. The number of hydrogen-bond acceptors (Lipinski definition) is 17. The summed E-state index contributed by atoms with van der Waals surface area (Å²) in [4.78, 5) is 154. The lowest BCUT2D eigenvalue weighted by molar-refractivity contribution is -0.147. The molecule has 420 valence electrons. The van der Waals surface area contributed by atoms with Crippen molar-refractivity contribution in [1.82, 2.24) is 52.0 Å². The second-order valence-corrected chi connectivity index (χ2v) is 21.1. The number of aliphatic hydroxyl groups excluding tert-OH is 3. The number of unbranched alkanes of at least 4 members (excludes halogenated alkanes) is 3. The molecule has 0 radical (unpaired) electrons. The van der Waals surface area contributed by atoms with E-state index in [1.165, 1.54) is 19.1 Å². The van der Waals surface area contributed by atoms with E-state index in [0.29, 0.717) is 43.2 Å². The molecule has 0 saturated carbocycles. The summed E-state index contributed by atoms with van der Waals surface area (Å²) in [5, 5.41) is 49.9. The minimum atomic E-state index is -2.41. The fourth-order valence-electron chi connectivity index (χ4n) is 9.53. The van der Waals surface area contributed by atoms with Crippen LogP contribution >= 0.6 is 0 Å². The maximum atomic E-state index is 15.0. The van der Waals surface area contributed by atoms with Gasteiger partial charge in [0.25, 0.3) is 11.8 Å². The Balaban J connectivity index is 1.46. The topological polar surface area (TPSA) is 407 Å². The first kappa shape index (κ1) is 59.1. The van der Waals surface area contributed by atoms with E-state index in [-0.39, 0.29) is 47.4 Å². The molecule has 5 heterocycles. The average Bonchev–Trinajstić information content (AvgIpc) is 4.08. The predicted molar refractivity (Wildman–Crippen MR) is 270 cm³/mol. The third-order valence-corrected chi connectivity index (χ3v) is 15.5. The molecule has 6 rings (SSSR count). The number of hydrogen-bond donors (Lipinski definition) is 12. The molecule has 2 unspecified atom stereocenters. The zero-order valence-corrected chi connectivity index (χ0v) is 43.6. The molecular weight excluding hydrogens is 1030 g/mol. The zero-order valence-electron chi connectivity index (χ0n) is 42.8. The van der Waals surface area contributed by atoms with E-state index in [9.17, 15) is 72.3 Å². The van der Waals surface area contributed by atoms with Gasteiger partial charge in [0.15, 0.2) is 11.9 Å². The van der Waals surface area contributed by atoms with E-state index < -0.39 is 169 Å². The second-order valence-electron chi connectivity index (χ2n) is 19.6. The summed E-state index contributed by atoms with van der Waals surface area (Å²) < 4.78 is 21.0. The summed E-state index contributed by atoms with van der Waals surface area (Å²) in [7, 11) is -2.41. The lowest BCUT2D eigenvalue weighted by Crippen LogP contribution is -2.69. The maximum absolute atomic E-state index is 15.0. The molecule has 2 aromatic rings. The Kier molecular flexibility index (Phi) is 20.2. The van der Waals surface area contributed by atoms with E-state index in [0.717, 1.165) is 9.80 Å². The highest BCUT2D eigenvalue weighted by Crippen LogP contribution is 2.32. The number of carbonyl (C=O) groups excluding carboxylic acids is 11. The number of primary amides is 1. The van der Waals surface area contributed by atoms with Crippen molar-refractivity contribution < 1.29 is 77.0 Å². The molecule has 1 aromatic heterocycles. The summed E-state index contributed by atoms with van der Waals surface area (Å²) in [6.07, 6.45) is 0.301. The van der Waals surface area contributed by atoms with Crippen molar-refractivity contribution in [3.8, 4) is 5.75 Å². The van der Waals surface area contributed by atoms with Crippen LogP contribution in [-0.2, 0) is 70.0 Å². The van der Waals surface area contributed by atoms with Gasteiger partial charge in [-0.15, -0.1) is 0 Å². The summed E-state index contributed by atoms with van der Waals surface area (Å²) in [5.41, 5.74) is 3.61. The largest absolute Gasteiger partial charge is 0.494 e. The molecule has 28 heteroatoms. The molecule has 77 heavy (non-hydrogen) atoms. The van der Waals surface area contributed by atoms with Gasteiger partial charge in [-0.3, -0.25) is 67.2 Å². The number of fused-ring (bicyclic) bond motifs is 5. The smallest absolute Gasteiger partial charge is 0.253 e. The highest BCUT2D eigenvalue weighted by atomic mass is 32.2. The lowest BCUT2D eigenvalue weighted by Gasteiger charge is -2.41. The Hall–Kier alpha value is -7.14. The number of ether oxygens (including phenoxy) is 1. The maximum Gasteiger partial charge on any atom is 0.253 e. The van der Waals surface area contributed by atoms with Gasteiger partial charge in [0.05, 0.1) is 73.0 Å². The van der Waals surface area contributed by atoms with Crippen LogP contribution in [0.15, 0.2) is 35.4 Å². The van der Waals surface area contributed by atoms with Gasteiger partial charge < -0.3 is 67.6 Å². The number of benzene rings is 1. The Morgan fingerprint density at radius 2 is 1.56 bits per heavy atom. The number of aromatic nitrogens is 1. The van der Waals surface area contributed by atoms with Crippen LogP contribution in [0.25, 0.3) is 10.9 Å². The molecule has 27 nitrogen and oxygen atoms in total.